The predicted octanol–water partition coefficient (Wildman–Crippen LogP) is 5.09. The SMILES string of the molecule is CCCCNCc1ccc(N/C(=C2\C(=O)Nc3ccc(N)cc32)c2ccccc2)cc1. The van der Waals surface area contributed by atoms with Gasteiger partial charge in [-0.25, -0.2) is 0 Å². The van der Waals surface area contributed by atoms with Gasteiger partial charge in [-0.2, -0.15) is 0 Å². The van der Waals surface area contributed by atoms with Crippen LogP contribution >= 0.6 is 0 Å². The summed E-state index contributed by atoms with van der Waals surface area (Å²) in [6.45, 7) is 4.07. The van der Waals surface area contributed by atoms with Crippen LogP contribution in [0.5, 0.6) is 0 Å². The molecule has 0 saturated carbocycles. The zero-order chi connectivity index (χ0) is 21.6. The molecule has 31 heavy (non-hydrogen) atoms. The van der Waals surface area contributed by atoms with Crippen LogP contribution in [0.4, 0.5) is 17.1 Å². The summed E-state index contributed by atoms with van der Waals surface area (Å²) < 4.78 is 0. The van der Waals surface area contributed by atoms with Crippen molar-refractivity contribution < 1.29 is 4.79 Å². The average Bonchev–Trinajstić information content (AvgIpc) is 3.11. The van der Waals surface area contributed by atoms with Crippen LogP contribution < -0.4 is 21.7 Å². The normalized spacial score (nSPS) is 14.2. The van der Waals surface area contributed by atoms with Crippen LogP contribution in [0, 0.1) is 0 Å². The van der Waals surface area contributed by atoms with E-state index < -0.39 is 0 Å². The van der Waals surface area contributed by atoms with Gasteiger partial charge >= 0.3 is 0 Å². The van der Waals surface area contributed by atoms with Gasteiger partial charge in [-0.15, -0.1) is 0 Å². The molecule has 4 rings (SSSR count). The molecular weight excluding hydrogens is 384 g/mol. The van der Waals surface area contributed by atoms with Gasteiger partial charge in [-0.05, 0) is 54.4 Å². The summed E-state index contributed by atoms with van der Waals surface area (Å²) in [6, 6.07) is 23.7. The van der Waals surface area contributed by atoms with Gasteiger partial charge in [0.1, 0.15) is 0 Å². The first-order valence-electron chi connectivity index (χ1n) is 10.7. The van der Waals surface area contributed by atoms with Gasteiger partial charge in [0.15, 0.2) is 0 Å². The monoisotopic (exact) mass is 412 g/mol. The first-order valence-corrected chi connectivity index (χ1v) is 10.7. The van der Waals surface area contributed by atoms with Crippen LogP contribution in [0.1, 0.15) is 36.5 Å². The number of anilines is 3. The van der Waals surface area contributed by atoms with Gasteiger partial charge in [0, 0.05) is 29.2 Å². The molecule has 0 aromatic heterocycles. The minimum Gasteiger partial charge on any atom is -0.399 e. The summed E-state index contributed by atoms with van der Waals surface area (Å²) in [5.41, 5.74) is 12.7. The molecule has 0 radical (unpaired) electrons. The summed E-state index contributed by atoms with van der Waals surface area (Å²) in [5, 5.41) is 9.90. The lowest BCUT2D eigenvalue weighted by Gasteiger charge is -2.15. The van der Waals surface area contributed by atoms with Crippen molar-refractivity contribution in [1.29, 1.82) is 0 Å². The first-order chi connectivity index (χ1) is 15.2. The molecule has 1 aliphatic heterocycles. The van der Waals surface area contributed by atoms with Crippen LogP contribution in [-0.2, 0) is 11.3 Å². The van der Waals surface area contributed by atoms with E-state index in [1.54, 1.807) is 6.07 Å². The number of hydrogen-bond donors (Lipinski definition) is 4. The molecule has 0 atom stereocenters. The molecule has 3 aromatic rings. The van der Waals surface area contributed by atoms with Crippen molar-refractivity contribution in [1.82, 2.24) is 5.32 Å². The third-order valence-corrected chi connectivity index (χ3v) is 5.36. The van der Waals surface area contributed by atoms with Crippen molar-refractivity contribution in [2.45, 2.75) is 26.3 Å². The lowest BCUT2D eigenvalue weighted by Crippen LogP contribution is -2.14. The number of nitrogen functional groups attached to an aromatic ring is 1. The first kappa shape index (κ1) is 20.7. The number of carbonyl (C=O) groups excluding carboxylic acids is 1. The summed E-state index contributed by atoms with van der Waals surface area (Å²) in [7, 11) is 0. The Morgan fingerprint density at radius 2 is 1.77 bits per heavy atom. The molecule has 0 aliphatic carbocycles. The number of fused-ring (bicyclic) bond motifs is 1. The van der Waals surface area contributed by atoms with Crippen LogP contribution in [0.15, 0.2) is 72.8 Å². The lowest BCUT2D eigenvalue weighted by molar-refractivity contribution is -0.110. The highest BCUT2D eigenvalue weighted by Gasteiger charge is 2.28. The number of amides is 1. The third-order valence-electron chi connectivity index (χ3n) is 5.36. The highest BCUT2D eigenvalue weighted by atomic mass is 16.2. The Morgan fingerprint density at radius 3 is 2.52 bits per heavy atom. The fraction of sp³-hybridized carbons (Fsp3) is 0.192. The molecule has 5 nitrogen and oxygen atoms in total. The second-order valence-corrected chi connectivity index (χ2v) is 7.73. The van der Waals surface area contributed by atoms with E-state index in [0.717, 1.165) is 41.3 Å². The van der Waals surface area contributed by atoms with Gasteiger partial charge in [0.2, 0.25) is 0 Å². The summed E-state index contributed by atoms with van der Waals surface area (Å²) in [6.07, 6.45) is 2.37. The number of benzene rings is 3. The predicted molar refractivity (Wildman–Crippen MR) is 129 cm³/mol. The number of unbranched alkanes of at least 4 members (excludes halogenated alkanes) is 1. The van der Waals surface area contributed by atoms with Crippen LogP contribution in [0.2, 0.25) is 0 Å². The molecule has 0 fully saturated rings. The Labute approximate surface area is 183 Å². The quantitative estimate of drug-likeness (QED) is 0.236. The maximum absolute atomic E-state index is 12.9. The van der Waals surface area contributed by atoms with E-state index in [-0.39, 0.29) is 5.91 Å². The standard InChI is InChI=1S/C26H28N4O/c1-2-3-15-28-17-18-9-12-21(13-10-18)29-25(19-7-5-4-6-8-19)24-22-16-20(27)11-14-23(22)30-26(24)31/h4-14,16,28-29H,2-3,15,17,27H2,1H3,(H,30,31)/b25-24-. The van der Waals surface area contributed by atoms with E-state index in [0.29, 0.717) is 11.3 Å². The van der Waals surface area contributed by atoms with Crippen molar-refractivity contribution in [2.24, 2.45) is 0 Å². The fourth-order valence-electron chi connectivity index (χ4n) is 3.70. The van der Waals surface area contributed by atoms with Crippen LogP contribution in [0.25, 0.3) is 11.3 Å². The zero-order valence-electron chi connectivity index (χ0n) is 17.7. The minimum atomic E-state index is -0.135. The van der Waals surface area contributed by atoms with Gasteiger partial charge in [-0.1, -0.05) is 55.8 Å². The van der Waals surface area contributed by atoms with Gasteiger partial charge < -0.3 is 21.7 Å². The fourth-order valence-corrected chi connectivity index (χ4v) is 3.70. The minimum absolute atomic E-state index is 0.135. The molecule has 0 bridgehead atoms. The van der Waals surface area contributed by atoms with Crippen molar-refractivity contribution >= 4 is 34.2 Å². The maximum atomic E-state index is 12.9. The van der Waals surface area contributed by atoms with E-state index in [4.69, 9.17) is 5.73 Å². The maximum Gasteiger partial charge on any atom is 0.258 e. The van der Waals surface area contributed by atoms with Crippen molar-refractivity contribution in [3.05, 3.63) is 89.5 Å². The molecular formula is C26H28N4O. The Hall–Kier alpha value is -3.57. The summed E-state index contributed by atoms with van der Waals surface area (Å²) in [4.78, 5) is 12.9. The average molecular weight is 413 g/mol. The van der Waals surface area contributed by atoms with E-state index in [9.17, 15) is 4.79 Å². The van der Waals surface area contributed by atoms with E-state index in [1.807, 2.05) is 54.6 Å². The number of nitrogens with one attached hydrogen (secondary N) is 3. The summed E-state index contributed by atoms with van der Waals surface area (Å²) >= 11 is 0. The zero-order valence-corrected chi connectivity index (χ0v) is 17.7. The molecule has 5 heteroatoms. The van der Waals surface area contributed by atoms with Crippen molar-refractivity contribution in [2.75, 3.05) is 22.9 Å². The number of rotatable bonds is 8. The largest absolute Gasteiger partial charge is 0.399 e. The Kier molecular flexibility index (Phi) is 6.34. The Balaban J connectivity index is 1.66. The van der Waals surface area contributed by atoms with Crippen LogP contribution in [0.3, 0.4) is 0 Å². The molecule has 1 amide bonds. The Morgan fingerprint density at radius 1 is 1.00 bits per heavy atom. The topological polar surface area (TPSA) is 79.2 Å². The van der Waals surface area contributed by atoms with Gasteiger partial charge in [0.25, 0.3) is 5.91 Å². The number of carbonyl (C=O) groups is 1. The molecule has 0 unspecified atom stereocenters. The Bertz CT molecular complexity index is 1090. The smallest absolute Gasteiger partial charge is 0.258 e. The summed E-state index contributed by atoms with van der Waals surface area (Å²) in [5.74, 6) is -0.135. The lowest BCUT2D eigenvalue weighted by atomic mass is 9.99. The van der Waals surface area contributed by atoms with Crippen LogP contribution in [-0.4, -0.2) is 12.5 Å². The molecule has 158 valence electrons. The van der Waals surface area contributed by atoms with E-state index >= 15 is 0 Å². The molecule has 3 aromatic carbocycles. The second kappa shape index (κ2) is 9.49. The van der Waals surface area contributed by atoms with Gasteiger partial charge in [-0.3, -0.25) is 4.79 Å². The van der Waals surface area contributed by atoms with E-state index in [2.05, 4.69) is 35.0 Å². The van der Waals surface area contributed by atoms with Gasteiger partial charge in [0.05, 0.1) is 11.3 Å². The number of hydrogen-bond acceptors (Lipinski definition) is 4. The van der Waals surface area contributed by atoms with Crippen molar-refractivity contribution in [3.63, 3.8) is 0 Å². The molecule has 5 N–H and O–H groups in total. The highest BCUT2D eigenvalue weighted by Crippen LogP contribution is 2.38. The third kappa shape index (κ3) is 4.78. The molecule has 0 saturated heterocycles. The second-order valence-electron chi connectivity index (χ2n) is 7.73. The number of nitrogens with two attached hydrogens (primary N) is 1. The van der Waals surface area contributed by atoms with Crippen molar-refractivity contribution in [3.8, 4) is 0 Å². The molecule has 0 spiro atoms. The molecule has 1 heterocycles. The highest BCUT2D eigenvalue weighted by molar-refractivity contribution is 6.37. The van der Waals surface area contributed by atoms with E-state index in [1.165, 1.54) is 18.4 Å². The molecule has 1 aliphatic rings.